The predicted molar refractivity (Wildman–Crippen MR) is 146 cm³/mol. The Morgan fingerprint density at radius 1 is 1.05 bits per heavy atom. The average molecular weight is 554 g/mol. The van der Waals surface area contributed by atoms with E-state index in [9.17, 15) is 29.0 Å². The third-order valence-electron chi connectivity index (χ3n) is 7.25. The number of sulfonamides is 1. The highest BCUT2D eigenvalue weighted by Gasteiger charge is 2.40. The molecule has 4 atom stereocenters. The summed E-state index contributed by atoms with van der Waals surface area (Å²) in [7, 11) is -4.38. The van der Waals surface area contributed by atoms with Crippen LogP contribution in [-0.2, 0) is 14.8 Å². The van der Waals surface area contributed by atoms with Gasteiger partial charge in [-0.3, -0.25) is 0 Å². The van der Waals surface area contributed by atoms with Crippen LogP contribution in [0.25, 0.3) is 28.2 Å². The molecule has 206 valence electrons. The molecule has 2 aliphatic rings. The molecule has 3 aromatic rings. The van der Waals surface area contributed by atoms with E-state index in [1.54, 1.807) is 18.2 Å². The van der Waals surface area contributed by atoms with Crippen molar-refractivity contribution in [1.29, 1.82) is 5.26 Å². The zero-order valence-corrected chi connectivity index (χ0v) is 22.0. The summed E-state index contributed by atoms with van der Waals surface area (Å²) in [6, 6.07) is 16.1. The molecule has 4 N–H and O–H groups in total. The van der Waals surface area contributed by atoms with Gasteiger partial charge in [0.1, 0.15) is 35.9 Å². The van der Waals surface area contributed by atoms with Crippen molar-refractivity contribution in [1.82, 2.24) is 4.72 Å². The standard InChI is InChI=1S/C28H31N3O7S/c29-15-23(39(35,36)30-24-17-37-26(16-32)28(34)27(24)33)14-22-8-9-25(38-22)20-5-4-19-13-21(7-6-18(19)12-20)31-10-2-1-3-11-31/h4-9,12-14,24,26-28,30,32-34H,1-3,10-11,16-17H2. The van der Waals surface area contributed by atoms with Crippen LogP contribution in [0.3, 0.4) is 0 Å². The van der Waals surface area contributed by atoms with E-state index in [0.717, 1.165) is 35.5 Å². The Balaban J connectivity index is 1.33. The van der Waals surface area contributed by atoms with Gasteiger partial charge in [0.05, 0.1) is 19.3 Å². The number of hydrogen-bond donors (Lipinski definition) is 4. The Bertz CT molecular complexity index is 1500. The van der Waals surface area contributed by atoms with Gasteiger partial charge < -0.3 is 29.4 Å². The van der Waals surface area contributed by atoms with Crippen LogP contribution < -0.4 is 9.62 Å². The van der Waals surface area contributed by atoms with Gasteiger partial charge in [-0.25, -0.2) is 13.1 Å². The highest BCUT2D eigenvalue weighted by molar-refractivity contribution is 7.93. The zero-order valence-electron chi connectivity index (χ0n) is 21.2. The summed E-state index contributed by atoms with van der Waals surface area (Å²) in [6.07, 6.45) is 0.757. The van der Waals surface area contributed by atoms with E-state index in [0.29, 0.717) is 5.76 Å². The van der Waals surface area contributed by atoms with Gasteiger partial charge >= 0.3 is 0 Å². The second kappa shape index (κ2) is 11.5. The number of nitrogens with one attached hydrogen (secondary N) is 1. The third kappa shape index (κ3) is 5.86. The van der Waals surface area contributed by atoms with Crippen molar-refractivity contribution >= 4 is 32.6 Å². The smallest absolute Gasteiger partial charge is 0.251 e. The SMILES string of the molecule is N#CC(=Cc1ccc(-c2ccc3cc(N4CCCCC4)ccc3c2)o1)S(=O)(=O)NC1COC(CO)C(O)C1O. The summed E-state index contributed by atoms with van der Waals surface area (Å²) < 4.78 is 39.0. The molecule has 11 heteroatoms. The largest absolute Gasteiger partial charge is 0.457 e. The highest BCUT2D eigenvalue weighted by Crippen LogP contribution is 2.30. The number of aliphatic hydroxyl groups excluding tert-OH is 3. The van der Waals surface area contributed by atoms with E-state index >= 15 is 0 Å². The minimum absolute atomic E-state index is 0.160. The Morgan fingerprint density at radius 3 is 2.54 bits per heavy atom. The number of furan rings is 1. The van der Waals surface area contributed by atoms with Crippen molar-refractivity contribution in [3.8, 4) is 17.4 Å². The fraction of sp³-hybridized carbons (Fsp3) is 0.393. The second-order valence-electron chi connectivity index (χ2n) is 9.88. The van der Waals surface area contributed by atoms with Crippen molar-refractivity contribution in [2.75, 3.05) is 31.2 Å². The maximum Gasteiger partial charge on any atom is 0.251 e. The highest BCUT2D eigenvalue weighted by atomic mass is 32.2. The number of aliphatic hydroxyl groups is 3. The van der Waals surface area contributed by atoms with Crippen LogP contribution in [0.1, 0.15) is 25.0 Å². The molecular formula is C28H31N3O7S. The van der Waals surface area contributed by atoms with E-state index in [4.69, 9.17) is 9.15 Å². The van der Waals surface area contributed by atoms with Gasteiger partial charge in [0.15, 0.2) is 4.91 Å². The fourth-order valence-corrected chi connectivity index (χ4v) is 6.15. The number of hydrogen-bond acceptors (Lipinski definition) is 9. The van der Waals surface area contributed by atoms with E-state index < -0.39 is 45.9 Å². The predicted octanol–water partition coefficient (Wildman–Crippen LogP) is 2.36. The summed E-state index contributed by atoms with van der Waals surface area (Å²) in [5, 5.41) is 41.2. The Morgan fingerprint density at radius 2 is 1.79 bits per heavy atom. The molecule has 0 bridgehead atoms. The monoisotopic (exact) mass is 553 g/mol. The molecule has 1 aromatic heterocycles. The molecule has 2 aliphatic heterocycles. The van der Waals surface area contributed by atoms with Crippen LogP contribution in [0.5, 0.6) is 0 Å². The van der Waals surface area contributed by atoms with Gasteiger partial charge in [-0.15, -0.1) is 0 Å². The molecule has 39 heavy (non-hydrogen) atoms. The number of piperidine rings is 1. The van der Waals surface area contributed by atoms with E-state index in [1.165, 1.54) is 24.9 Å². The number of rotatable bonds is 7. The van der Waals surface area contributed by atoms with Crippen molar-refractivity contribution in [2.45, 2.75) is 43.6 Å². The second-order valence-corrected chi connectivity index (χ2v) is 11.6. The number of ether oxygens (including phenoxy) is 1. The maximum absolute atomic E-state index is 12.9. The van der Waals surface area contributed by atoms with E-state index in [1.807, 2.05) is 18.2 Å². The molecule has 2 fully saturated rings. The summed E-state index contributed by atoms with van der Waals surface area (Å²) in [4.78, 5) is 1.78. The minimum atomic E-state index is -4.38. The molecular weight excluding hydrogens is 522 g/mol. The molecule has 0 saturated carbocycles. The van der Waals surface area contributed by atoms with E-state index in [2.05, 4.69) is 27.8 Å². The minimum Gasteiger partial charge on any atom is -0.457 e. The topological polar surface area (TPSA) is 156 Å². The number of benzene rings is 2. The summed E-state index contributed by atoms with van der Waals surface area (Å²) in [5.41, 5.74) is 2.02. The lowest BCUT2D eigenvalue weighted by Crippen LogP contribution is -2.59. The molecule has 3 heterocycles. The Kier molecular flexibility index (Phi) is 8.04. The Hall–Kier alpha value is -3.24. The lowest BCUT2D eigenvalue weighted by atomic mass is 9.99. The Labute approximate surface area is 226 Å². The maximum atomic E-state index is 12.9. The van der Waals surface area contributed by atoms with E-state index in [-0.39, 0.29) is 12.4 Å². The van der Waals surface area contributed by atoms with Crippen molar-refractivity contribution in [3.63, 3.8) is 0 Å². The van der Waals surface area contributed by atoms with Crippen molar-refractivity contribution in [2.24, 2.45) is 0 Å². The molecule has 0 amide bonds. The van der Waals surface area contributed by atoms with Gasteiger partial charge in [0.2, 0.25) is 0 Å². The van der Waals surface area contributed by atoms with Crippen LogP contribution in [0, 0.1) is 11.3 Å². The molecule has 0 spiro atoms. The first-order chi connectivity index (χ1) is 18.8. The van der Waals surface area contributed by atoms with Gasteiger partial charge in [-0.1, -0.05) is 18.2 Å². The summed E-state index contributed by atoms with van der Waals surface area (Å²) in [6.45, 7) is 1.33. The first kappa shape index (κ1) is 27.3. The fourth-order valence-electron chi connectivity index (χ4n) is 5.03. The van der Waals surface area contributed by atoms with Crippen LogP contribution in [0.4, 0.5) is 5.69 Å². The van der Waals surface area contributed by atoms with Gasteiger partial charge in [-0.05, 0) is 60.4 Å². The van der Waals surface area contributed by atoms with Crippen LogP contribution in [0.15, 0.2) is 57.9 Å². The number of allylic oxidation sites excluding steroid dienone is 1. The lowest BCUT2D eigenvalue weighted by molar-refractivity contribution is -0.158. The average Bonchev–Trinajstić information content (AvgIpc) is 3.43. The summed E-state index contributed by atoms with van der Waals surface area (Å²) in [5.74, 6) is 0.675. The summed E-state index contributed by atoms with van der Waals surface area (Å²) >= 11 is 0. The van der Waals surface area contributed by atoms with Gasteiger partial charge in [0, 0.05) is 30.4 Å². The molecule has 0 radical (unpaired) electrons. The van der Waals surface area contributed by atoms with Crippen molar-refractivity contribution in [3.05, 3.63) is 59.2 Å². The number of nitrogens with zero attached hydrogens (tertiary/aromatic N) is 2. The quantitative estimate of drug-likeness (QED) is 0.323. The number of nitriles is 1. The van der Waals surface area contributed by atoms with Gasteiger partial charge in [0.25, 0.3) is 10.0 Å². The molecule has 0 aliphatic carbocycles. The lowest BCUT2D eigenvalue weighted by Gasteiger charge is -2.36. The molecule has 2 saturated heterocycles. The van der Waals surface area contributed by atoms with Gasteiger partial charge in [-0.2, -0.15) is 5.26 Å². The zero-order chi connectivity index (χ0) is 27.6. The molecule has 5 rings (SSSR count). The number of fused-ring (bicyclic) bond motifs is 1. The first-order valence-electron chi connectivity index (χ1n) is 12.9. The van der Waals surface area contributed by atoms with Crippen molar-refractivity contribution < 1.29 is 32.9 Å². The molecule has 2 aromatic carbocycles. The van der Waals surface area contributed by atoms with Crippen LogP contribution in [0.2, 0.25) is 0 Å². The molecule has 10 nitrogen and oxygen atoms in total. The van der Waals surface area contributed by atoms with Crippen LogP contribution >= 0.6 is 0 Å². The van der Waals surface area contributed by atoms with Crippen LogP contribution in [-0.4, -0.2) is 74.4 Å². The number of anilines is 1. The first-order valence-corrected chi connectivity index (χ1v) is 14.4. The normalized spacial score (nSPS) is 24.6. The molecule has 4 unspecified atom stereocenters. The third-order valence-corrected chi connectivity index (χ3v) is 8.65.